The lowest BCUT2D eigenvalue weighted by molar-refractivity contribution is 0.0679. The standard InChI is InChI=1S/C18H22N4O3/c23-17(19-9-10-22-18-20-7-3-8-21-18)14-4-1-5-15(12-14)25-13-16-6-2-11-24-16/h1,3-5,7-8,12,16H,2,6,9-11,13H2,(H,19,23)(H,20,21,22)/t16-/m1/s1. The molecule has 1 atom stereocenters. The lowest BCUT2D eigenvalue weighted by atomic mass is 10.2. The molecule has 7 nitrogen and oxygen atoms in total. The Morgan fingerprint density at radius 1 is 1.24 bits per heavy atom. The summed E-state index contributed by atoms with van der Waals surface area (Å²) in [6, 6.07) is 8.93. The smallest absolute Gasteiger partial charge is 0.251 e. The maximum absolute atomic E-state index is 12.2. The molecule has 1 aliphatic heterocycles. The molecule has 2 aromatic rings. The summed E-state index contributed by atoms with van der Waals surface area (Å²) in [4.78, 5) is 20.3. The Balaban J connectivity index is 1.42. The zero-order valence-corrected chi connectivity index (χ0v) is 14.0. The van der Waals surface area contributed by atoms with Crippen molar-refractivity contribution in [3.8, 4) is 5.75 Å². The van der Waals surface area contributed by atoms with Crippen molar-refractivity contribution >= 4 is 11.9 Å². The van der Waals surface area contributed by atoms with Gasteiger partial charge in [0.2, 0.25) is 5.95 Å². The van der Waals surface area contributed by atoms with Crippen LogP contribution >= 0.6 is 0 Å². The number of carbonyl (C=O) groups is 1. The number of hydrogen-bond donors (Lipinski definition) is 2. The van der Waals surface area contributed by atoms with E-state index in [-0.39, 0.29) is 12.0 Å². The predicted molar refractivity (Wildman–Crippen MR) is 93.8 cm³/mol. The highest BCUT2D eigenvalue weighted by molar-refractivity contribution is 5.94. The summed E-state index contributed by atoms with van der Waals surface area (Å²) in [5.74, 6) is 1.08. The number of rotatable bonds is 8. The molecule has 0 saturated carbocycles. The van der Waals surface area contributed by atoms with Gasteiger partial charge in [0, 0.05) is 37.7 Å². The van der Waals surface area contributed by atoms with Gasteiger partial charge in [0.15, 0.2) is 0 Å². The van der Waals surface area contributed by atoms with E-state index in [1.807, 2.05) is 12.1 Å². The van der Waals surface area contributed by atoms with E-state index in [4.69, 9.17) is 9.47 Å². The average molecular weight is 342 g/mol. The first-order valence-corrected chi connectivity index (χ1v) is 8.45. The number of ether oxygens (including phenoxy) is 2. The Labute approximate surface area is 146 Å². The van der Waals surface area contributed by atoms with E-state index in [2.05, 4.69) is 20.6 Å². The van der Waals surface area contributed by atoms with Crippen LogP contribution in [0.3, 0.4) is 0 Å². The SMILES string of the molecule is O=C(NCCNc1ncccn1)c1cccc(OC[C@H]2CCCO2)c1. The van der Waals surface area contributed by atoms with Crippen molar-refractivity contribution in [1.82, 2.24) is 15.3 Å². The largest absolute Gasteiger partial charge is 0.491 e. The first kappa shape index (κ1) is 17.2. The summed E-state index contributed by atoms with van der Waals surface area (Å²) >= 11 is 0. The monoisotopic (exact) mass is 342 g/mol. The quantitative estimate of drug-likeness (QED) is 0.713. The minimum absolute atomic E-state index is 0.140. The first-order chi connectivity index (χ1) is 12.3. The number of anilines is 1. The third-order valence-corrected chi connectivity index (χ3v) is 3.82. The number of aromatic nitrogens is 2. The molecular formula is C18H22N4O3. The number of amides is 1. The highest BCUT2D eigenvalue weighted by atomic mass is 16.5. The van der Waals surface area contributed by atoms with Crippen molar-refractivity contribution in [1.29, 1.82) is 0 Å². The molecule has 1 saturated heterocycles. The Bertz CT molecular complexity index is 675. The molecular weight excluding hydrogens is 320 g/mol. The van der Waals surface area contributed by atoms with Crippen LogP contribution in [0.25, 0.3) is 0 Å². The lowest BCUT2D eigenvalue weighted by Gasteiger charge is -2.12. The van der Waals surface area contributed by atoms with Crippen LogP contribution in [0.2, 0.25) is 0 Å². The normalized spacial score (nSPS) is 16.4. The fourth-order valence-corrected chi connectivity index (χ4v) is 2.53. The minimum Gasteiger partial charge on any atom is -0.491 e. The van der Waals surface area contributed by atoms with Crippen LogP contribution < -0.4 is 15.4 Å². The van der Waals surface area contributed by atoms with Gasteiger partial charge in [-0.1, -0.05) is 6.07 Å². The third kappa shape index (κ3) is 5.42. The van der Waals surface area contributed by atoms with E-state index in [0.29, 0.717) is 37.0 Å². The van der Waals surface area contributed by atoms with Crippen molar-refractivity contribution < 1.29 is 14.3 Å². The number of hydrogen-bond acceptors (Lipinski definition) is 6. The molecule has 0 radical (unpaired) electrons. The molecule has 0 bridgehead atoms. The van der Waals surface area contributed by atoms with Crippen molar-refractivity contribution in [3.63, 3.8) is 0 Å². The molecule has 3 rings (SSSR count). The van der Waals surface area contributed by atoms with E-state index in [1.54, 1.807) is 30.6 Å². The number of nitrogens with zero attached hydrogens (tertiary/aromatic N) is 2. The fraction of sp³-hybridized carbons (Fsp3) is 0.389. The summed E-state index contributed by atoms with van der Waals surface area (Å²) in [5, 5.41) is 5.90. The third-order valence-electron chi connectivity index (χ3n) is 3.82. The second-order valence-corrected chi connectivity index (χ2v) is 5.73. The maximum Gasteiger partial charge on any atom is 0.251 e. The van der Waals surface area contributed by atoms with Crippen LogP contribution in [0.15, 0.2) is 42.7 Å². The minimum atomic E-state index is -0.140. The zero-order valence-electron chi connectivity index (χ0n) is 14.0. The maximum atomic E-state index is 12.2. The highest BCUT2D eigenvalue weighted by Gasteiger charge is 2.16. The van der Waals surface area contributed by atoms with Crippen LogP contribution in [-0.4, -0.2) is 48.3 Å². The van der Waals surface area contributed by atoms with Crippen LogP contribution in [-0.2, 0) is 4.74 Å². The van der Waals surface area contributed by atoms with E-state index >= 15 is 0 Å². The van der Waals surface area contributed by atoms with Crippen molar-refractivity contribution in [2.24, 2.45) is 0 Å². The van der Waals surface area contributed by atoms with Gasteiger partial charge < -0.3 is 20.1 Å². The summed E-state index contributed by atoms with van der Waals surface area (Å²) in [6.45, 7) is 2.34. The molecule has 1 aromatic carbocycles. The molecule has 2 heterocycles. The van der Waals surface area contributed by atoms with Crippen LogP contribution in [0, 0.1) is 0 Å². The zero-order chi connectivity index (χ0) is 17.3. The highest BCUT2D eigenvalue weighted by Crippen LogP contribution is 2.17. The molecule has 2 N–H and O–H groups in total. The number of benzene rings is 1. The molecule has 1 amide bonds. The molecule has 132 valence electrons. The van der Waals surface area contributed by atoms with Gasteiger partial charge in [-0.3, -0.25) is 4.79 Å². The van der Waals surface area contributed by atoms with Crippen molar-refractivity contribution in [3.05, 3.63) is 48.3 Å². The first-order valence-electron chi connectivity index (χ1n) is 8.45. The second kappa shape index (κ2) is 8.98. The Kier molecular flexibility index (Phi) is 6.17. The summed E-state index contributed by atoms with van der Waals surface area (Å²) in [7, 11) is 0. The fourth-order valence-electron chi connectivity index (χ4n) is 2.53. The van der Waals surface area contributed by atoms with Gasteiger partial charge in [-0.25, -0.2) is 9.97 Å². The predicted octanol–water partition coefficient (Wildman–Crippen LogP) is 1.88. The van der Waals surface area contributed by atoms with Gasteiger partial charge in [0.25, 0.3) is 5.91 Å². The molecule has 1 aromatic heterocycles. The molecule has 25 heavy (non-hydrogen) atoms. The summed E-state index contributed by atoms with van der Waals surface area (Å²) < 4.78 is 11.3. The van der Waals surface area contributed by atoms with E-state index in [1.165, 1.54) is 0 Å². The lowest BCUT2D eigenvalue weighted by Crippen LogP contribution is -2.29. The van der Waals surface area contributed by atoms with Gasteiger partial charge in [-0.05, 0) is 37.1 Å². The van der Waals surface area contributed by atoms with Gasteiger partial charge in [0.05, 0.1) is 6.10 Å². The van der Waals surface area contributed by atoms with E-state index in [9.17, 15) is 4.79 Å². The number of carbonyl (C=O) groups excluding carboxylic acids is 1. The number of nitrogens with one attached hydrogen (secondary N) is 2. The van der Waals surface area contributed by atoms with Crippen molar-refractivity contribution in [2.45, 2.75) is 18.9 Å². The molecule has 1 aliphatic rings. The molecule has 7 heteroatoms. The molecule has 0 unspecified atom stereocenters. The Morgan fingerprint density at radius 3 is 2.92 bits per heavy atom. The van der Waals surface area contributed by atoms with Gasteiger partial charge in [0.1, 0.15) is 12.4 Å². The van der Waals surface area contributed by atoms with Crippen LogP contribution in [0.4, 0.5) is 5.95 Å². The molecule has 0 spiro atoms. The van der Waals surface area contributed by atoms with E-state index < -0.39 is 0 Å². The Hall–Kier alpha value is -2.67. The summed E-state index contributed by atoms with van der Waals surface area (Å²) in [6.07, 6.45) is 5.59. The van der Waals surface area contributed by atoms with Gasteiger partial charge in [-0.2, -0.15) is 0 Å². The van der Waals surface area contributed by atoms with Gasteiger partial charge >= 0.3 is 0 Å². The Morgan fingerprint density at radius 2 is 2.12 bits per heavy atom. The van der Waals surface area contributed by atoms with Crippen molar-refractivity contribution in [2.75, 3.05) is 31.6 Å². The van der Waals surface area contributed by atoms with Crippen LogP contribution in [0.1, 0.15) is 23.2 Å². The second-order valence-electron chi connectivity index (χ2n) is 5.73. The summed E-state index contributed by atoms with van der Waals surface area (Å²) in [5.41, 5.74) is 0.570. The van der Waals surface area contributed by atoms with Gasteiger partial charge in [-0.15, -0.1) is 0 Å². The van der Waals surface area contributed by atoms with Crippen LogP contribution in [0.5, 0.6) is 5.75 Å². The molecule has 1 fully saturated rings. The topological polar surface area (TPSA) is 85.4 Å². The molecule has 0 aliphatic carbocycles. The average Bonchev–Trinajstić information content (AvgIpc) is 3.18. The van der Waals surface area contributed by atoms with E-state index in [0.717, 1.165) is 19.4 Å².